The van der Waals surface area contributed by atoms with Gasteiger partial charge in [-0.2, -0.15) is 0 Å². The summed E-state index contributed by atoms with van der Waals surface area (Å²) in [5, 5.41) is 15.3. The van der Waals surface area contributed by atoms with Gasteiger partial charge >= 0.3 is 0 Å². The van der Waals surface area contributed by atoms with Gasteiger partial charge in [-0.05, 0) is 50.0 Å². The van der Waals surface area contributed by atoms with Gasteiger partial charge in [0.1, 0.15) is 36.3 Å². The van der Waals surface area contributed by atoms with Crippen LogP contribution in [0, 0.1) is 17.8 Å². The molecule has 0 aliphatic rings. The summed E-state index contributed by atoms with van der Waals surface area (Å²) in [6.07, 6.45) is 0.856. The number of carbonyl (C=O) groups excluding carboxylic acids is 9. The summed E-state index contributed by atoms with van der Waals surface area (Å²) in [4.78, 5) is 115. The third-order valence-electron chi connectivity index (χ3n) is 8.85. The van der Waals surface area contributed by atoms with Gasteiger partial charge in [-0.1, -0.05) is 54.4 Å². The number of primary amides is 3. The predicted molar refractivity (Wildman–Crippen MR) is 195 cm³/mol. The number of nitrogens with one attached hydrogen (secondary N) is 6. The maximum Gasteiger partial charge on any atom is 0.243 e. The zero-order valence-electron chi connectivity index (χ0n) is 32.0. The van der Waals surface area contributed by atoms with Crippen molar-refractivity contribution in [2.24, 2.45) is 40.7 Å². The van der Waals surface area contributed by atoms with E-state index >= 15 is 0 Å². The molecule has 0 spiro atoms. The van der Waals surface area contributed by atoms with E-state index in [1.807, 2.05) is 0 Å². The maximum atomic E-state index is 13.9. The van der Waals surface area contributed by atoms with Gasteiger partial charge in [0.2, 0.25) is 53.2 Å². The molecule has 0 saturated heterocycles. The zero-order chi connectivity index (χ0) is 41.0. The molecule has 53 heavy (non-hydrogen) atoms. The molecule has 0 bridgehead atoms. The Morgan fingerprint density at radius 1 is 0.528 bits per heavy atom. The van der Waals surface area contributed by atoms with Gasteiger partial charge < -0.3 is 54.8 Å². The van der Waals surface area contributed by atoms with Crippen molar-refractivity contribution in [3.05, 3.63) is 0 Å². The molecule has 0 aromatic heterocycles. The van der Waals surface area contributed by atoms with Crippen LogP contribution >= 0.6 is 0 Å². The number of carbonyl (C=O) groups is 9. The van der Waals surface area contributed by atoms with Crippen LogP contribution in [0.1, 0.15) is 99.8 Å². The maximum absolute atomic E-state index is 13.9. The molecule has 0 aromatic rings. The van der Waals surface area contributed by atoms with Crippen molar-refractivity contribution >= 4 is 53.2 Å². The molecule has 19 nitrogen and oxygen atoms in total. The SMILES string of the molecule is CC[C@H](C)[C@H](NC(=O)[C@H](CCC(N)=O)NC(=O)[C@@H](NC(C)=O)C(C)C)C(=O)N[C@H](C(=O)N[C@@H](CC(N)=O)C(=O)N[C@@H](CCCCN)C(N)=O)[C@@H](C)CC. The first-order chi connectivity index (χ1) is 24.7. The normalized spacial score (nSPS) is 15.6. The van der Waals surface area contributed by atoms with E-state index in [0.717, 1.165) is 0 Å². The van der Waals surface area contributed by atoms with E-state index < -0.39 is 108 Å². The second-order valence-electron chi connectivity index (χ2n) is 13.7. The lowest BCUT2D eigenvalue weighted by Crippen LogP contribution is -2.62. The van der Waals surface area contributed by atoms with Crippen molar-refractivity contribution in [2.45, 2.75) is 136 Å². The number of amides is 9. The summed E-state index contributed by atoms with van der Waals surface area (Å²) in [7, 11) is 0. The number of unbranched alkanes of at least 4 members (excludes halogenated alkanes) is 1. The third kappa shape index (κ3) is 18.0. The third-order valence-corrected chi connectivity index (χ3v) is 8.85. The van der Waals surface area contributed by atoms with Crippen LogP contribution in [-0.4, -0.2) is 96.0 Å². The molecule has 9 amide bonds. The van der Waals surface area contributed by atoms with Crippen LogP contribution in [0.3, 0.4) is 0 Å². The second-order valence-corrected chi connectivity index (χ2v) is 13.7. The monoisotopic (exact) mass is 754 g/mol. The van der Waals surface area contributed by atoms with Gasteiger partial charge in [-0.15, -0.1) is 0 Å². The molecule has 0 fully saturated rings. The fraction of sp³-hybridized carbons (Fsp3) is 0.735. The summed E-state index contributed by atoms with van der Waals surface area (Å²) in [6.45, 7) is 11.9. The van der Waals surface area contributed by atoms with Crippen LogP contribution in [0.4, 0.5) is 0 Å². The standard InChI is InChI=1S/C34H62N10O9/c1-8-18(5)27(33(52)42-23(16-25(37)47)31(50)40-21(29(38)48)12-10-11-15-35)44-34(53)28(19(6)9-2)43-30(49)22(13-14-24(36)46)41-32(51)26(17(3)4)39-20(7)45/h17-19,21-23,26-28H,8-16,35H2,1-7H3,(H2,36,46)(H2,37,47)(H2,38,48)(H,39,45)(H,40,50)(H,41,51)(H,42,52)(H,43,49)(H,44,53)/t18-,19-,21-,22-,23-,26-,27-,28-/m0/s1. The number of rotatable bonds is 26. The summed E-state index contributed by atoms with van der Waals surface area (Å²) in [5.41, 5.74) is 21.6. The number of hydrogen-bond acceptors (Lipinski definition) is 10. The molecule has 0 aromatic carbocycles. The van der Waals surface area contributed by atoms with Crippen molar-refractivity contribution in [1.29, 1.82) is 0 Å². The molecule has 19 heteroatoms. The van der Waals surface area contributed by atoms with Crippen molar-refractivity contribution in [3.63, 3.8) is 0 Å². The van der Waals surface area contributed by atoms with Gasteiger partial charge in [-0.25, -0.2) is 0 Å². The molecule has 302 valence electrons. The van der Waals surface area contributed by atoms with Crippen LogP contribution < -0.4 is 54.8 Å². The highest BCUT2D eigenvalue weighted by atomic mass is 16.2. The van der Waals surface area contributed by atoms with Crippen molar-refractivity contribution in [3.8, 4) is 0 Å². The minimum Gasteiger partial charge on any atom is -0.370 e. The Balaban J connectivity index is 6.34. The molecular formula is C34H62N10O9. The van der Waals surface area contributed by atoms with Crippen molar-refractivity contribution < 1.29 is 43.2 Å². The largest absolute Gasteiger partial charge is 0.370 e. The highest BCUT2D eigenvalue weighted by Crippen LogP contribution is 2.14. The minimum atomic E-state index is -1.52. The number of hydrogen-bond donors (Lipinski definition) is 10. The van der Waals surface area contributed by atoms with E-state index in [0.29, 0.717) is 32.2 Å². The molecule has 0 rings (SSSR count). The highest BCUT2D eigenvalue weighted by molar-refractivity contribution is 5.98. The first kappa shape index (κ1) is 48.2. The lowest BCUT2D eigenvalue weighted by atomic mass is 9.94. The van der Waals surface area contributed by atoms with E-state index in [1.165, 1.54) is 6.92 Å². The summed E-state index contributed by atoms with van der Waals surface area (Å²) >= 11 is 0. The van der Waals surface area contributed by atoms with Gasteiger partial charge in [0, 0.05) is 13.3 Å². The van der Waals surface area contributed by atoms with Gasteiger partial charge in [0.05, 0.1) is 6.42 Å². The van der Waals surface area contributed by atoms with Crippen LogP contribution in [-0.2, 0) is 43.2 Å². The topological polar surface area (TPSA) is 330 Å². The Labute approximate surface area is 311 Å². The smallest absolute Gasteiger partial charge is 0.243 e. The van der Waals surface area contributed by atoms with Crippen molar-refractivity contribution in [2.75, 3.05) is 6.54 Å². The number of nitrogens with two attached hydrogens (primary N) is 4. The van der Waals surface area contributed by atoms with Gasteiger partial charge in [-0.3, -0.25) is 43.2 Å². The summed E-state index contributed by atoms with van der Waals surface area (Å²) < 4.78 is 0. The molecule has 0 unspecified atom stereocenters. The summed E-state index contributed by atoms with van der Waals surface area (Å²) in [5.74, 6) is -8.37. The Kier molecular flexibility index (Phi) is 22.2. The average Bonchev–Trinajstić information content (AvgIpc) is 3.07. The Hall–Kier alpha value is -4.81. The molecule has 0 heterocycles. The first-order valence-corrected chi connectivity index (χ1v) is 18.0. The van der Waals surface area contributed by atoms with E-state index in [4.69, 9.17) is 22.9 Å². The van der Waals surface area contributed by atoms with Gasteiger partial charge in [0.15, 0.2) is 0 Å². The summed E-state index contributed by atoms with van der Waals surface area (Å²) in [6, 6.07) is -7.48. The lowest BCUT2D eigenvalue weighted by Gasteiger charge is -2.31. The second kappa shape index (κ2) is 24.4. The van der Waals surface area contributed by atoms with Crippen molar-refractivity contribution in [1.82, 2.24) is 31.9 Å². The van der Waals surface area contributed by atoms with E-state index in [9.17, 15) is 43.2 Å². The molecule has 14 N–H and O–H groups in total. The fourth-order valence-corrected chi connectivity index (χ4v) is 5.19. The molecule has 0 radical (unpaired) electrons. The Bertz CT molecular complexity index is 1300. The van der Waals surface area contributed by atoms with Crippen LogP contribution in [0.5, 0.6) is 0 Å². The molecule has 0 saturated carbocycles. The van der Waals surface area contributed by atoms with Crippen LogP contribution in [0.2, 0.25) is 0 Å². The van der Waals surface area contributed by atoms with E-state index in [2.05, 4.69) is 31.9 Å². The fourth-order valence-electron chi connectivity index (χ4n) is 5.19. The predicted octanol–water partition coefficient (Wildman–Crippen LogP) is -2.58. The van der Waals surface area contributed by atoms with Crippen LogP contribution in [0.25, 0.3) is 0 Å². The van der Waals surface area contributed by atoms with E-state index in [1.54, 1.807) is 41.5 Å². The Morgan fingerprint density at radius 3 is 1.42 bits per heavy atom. The molecule has 0 aliphatic heterocycles. The highest BCUT2D eigenvalue weighted by Gasteiger charge is 2.36. The minimum absolute atomic E-state index is 0.171. The zero-order valence-corrected chi connectivity index (χ0v) is 32.0. The quantitative estimate of drug-likeness (QED) is 0.0411. The average molecular weight is 755 g/mol. The molecular weight excluding hydrogens is 692 g/mol. The molecule has 8 atom stereocenters. The Morgan fingerprint density at radius 2 is 0.981 bits per heavy atom. The van der Waals surface area contributed by atoms with E-state index in [-0.39, 0.29) is 25.2 Å². The first-order valence-electron chi connectivity index (χ1n) is 18.0. The molecule has 0 aliphatic carbocycles. The lowest BCUT2D eigenvalue weighted by molar-refractivity contribution is -0.137. The van der Waals surface area contributed by atoms with Crippen LogP contribution in [0.15, 0.2) is 0 Å². The van der Waals surface area contributed by atoms with Gasteiger partial charge in [0.25, 0.3) is 0 Å².